The molecular weight excluding hydrogens is 463 g/mol. The maximum atomic E-state index is 13.9. The van der Waals surface area contributed by atoms with Gasteiger partial charge in [-0.05, 0) is 56.2 Å². The molecule has 1 fully saturated rings. The minimum atomic E-state index is -0.700. The first kappa shape index (κ1) is 24.2. The lowest BCUT2D eigenvalue weighted by Crippen LogP contribution is -2.36. The van der Waals surface area contributed by atoms with Crippen molar-refractivity contribution >= 4 is 28.7 Å². The van der Waals surface area contributed by atoms with Crippen LogP contribution in [0.15, 0.2) is 54.3 Å². The number of aliphatic hydroxyl groups is 1. The van der Waals surface area contributed by atoms with Crippen molar-refractivity contribution < 1.29 is 28.6 Å². The largest absolute Gasteiger partial charge is 0.482 e. The van der Waals surface area contributed by atoms with E-state index in [4.69, 9.17) is 9.47 Å². The van der Waals surface area contributed by atoms with Gasteiger partial charge in [-0.15, -0.1) is 0 Å². The Morgan fingerprint density at radius 3 is 2.72 bits per heavy atom. The molecule has 0 spiro atoms. The van der Waals surface area contributed by atoms with Crippen LogP contribution in [0.3, 0.4) is 0 Å². The Labute approximate surface area is 209 Å². The normalized spacial score (nSPS) is 24.8. The van der Waals surface area contributed by atoms with Crippen molar-refractivity contribution in [2.75, 3.05) is 18.5 Å². The minimum absolute atomic E-state index is 0.307. The van der Waals surface area contributed by atoms with E-state index in [1.54, 1.807) is 13.0 Å². The second-order valence-electron chi connectivity index (χ2n) is 9.84. The number of carbonyl (C=O) groups is 2. The molecule has 0 bridgehead atoms. The molecule has 188 valence electrons. The number of nitrogens with one attached hydrogen (secondary N) is 1. The molecule has 36 heavy (non-hydrogen) atoms. The molecular formula is C28H29FN2O5. The number of rotatable bonds is 5. The Balaban J connectivity index is 1.40. The van der Waals surface area contributed by atoms with Crippen LogP contribution >= 0.6 is 0 Å². The summed E-state index contributed by atoms with van der Waals surface area (Å²) in [5, 5.41) is 12.9. The van der Waals surface area contributed by atoms with Crippen molar-refractivity contribution in [3.05, 3.63) is 76.8 Å². The molecule has 5 rings (SSSR count). The maximum absolute atomic E-state index is 13.9. The molecule has 1 saturated heterocycles. The van der Waals surface area contributed by atoms with E-state index in [0.29, 0.717) is 48.7 Å². The van der Waals surface area contributed by atoms with Crippen molar-refractivity contribution in [1.29, 1.82) is 0 Å². The predicted molar refractivity (Wildman–Crippen MR) is 133 cm³/mol. The number of halogens is 1. The van der Waals surface area contributed by atoms with Crippen LogP contribution in [0.5, 0.6) is 0 Å². The highest BCUT2D eigenvalue weighted by molar-refractivity contribution is 6.32. The van der Waals surface area contributed by atoms with Crippen LogP contribution < -0.4 is 5.32 Å². The number of hydrogen-bond donors (Lipinski definition) is 2. The summed E-state index contributed by atoms with van der Waals surface area (Å²) >= 11 is 0. The van der Waals surface area contributed by atoms with Crippen LogP contribution in [0.2, 0.25) is 0 Å². The van der Waals surface area contributed by atoms with E-state index in [0.717, 1.165) is 16.7 Å². The smallest absolute Gasteiger partial charge is 0.323 e. The number of carbonyl (C=O) groups excluding carboxylic acids is 2. The van der Waals surface area contributed by atoms with Crippen LogP contribution in [0.1, 0.15) is 43.9 Å². The van der Waals surface area contributed by atoms with E-state index in [1.807, 2.05) is 49.1 Å². The Morgan fingerprint density at radius 1 is 1.25 bits per heavy atom. The Hall–Kier alpha value is -3.49. The molecule has 0 aliphatic carbocycles. The number of β-amino-alcohol motifs (C(OH)–C–C–N with tert-alkyl or cyclic N) is 1. The van der Waals surface area contributed by atoms with Crippen molar-refractivity contribution in [2.24, 2.45) is 0 Å². The Morgan fingerprint density at radius 2 is 2.00 bits per heavy atom. The number of hydrogen-bond acceptors (Lipinski definition) is 6. The molecule has 3 aliphatic rings. The van der Waals surface area contributed by atoms with Gasteiger partial charge in [0, 0.05) is 36.3 Å². The van der Waals surface area contributed by atoms with Crippen LogP contribution in [0.4, 0.5) is 10.1 Å². The summed E-state index contributed by atoms with van der Waals surface area (Å²) in [5.41, 5.74) is 3.50. The summed E-state index contributed by atoms with van der Waals surface area (Å²) in [5.74, 6) is -0.641. The number of nitrogens with zero attached hydrogens (tertiary/aromatic N) is 1. The Bertz CT molecular complexity index is 1280. The number of anilines is 1. The van der Waals surface area contributed by atoms with Crippen LogP contribution in [-0.4, -0.2) is 52.8 Å². The number of esters is 1. The quantitative estimate of drug-likeness (QED) is 0.487. The average Bonchev–Trinajstić information content (AvgIpc) is 3.45. The molecule has 2 atom stereocenters. The lowest BCUT2D eigenvalue weighted by Gasteiger charge is -2.24. The number of ether oxygens (including phenoxy) is 2. The summed E-state index contributed by atoms with van der Waals surface area (Å²) in [6.45, 7) is 6.86. The molecule has 0 radical (unpaired) electrons. The van der Waals surface area contributed by atoms with Gasteiger partial charge in [-0.2, -0.15) is 0 Å². The number of benzene rings is 2. The first-order valence-corrected chi connectivity index (χ1v) is 12.1. The van der Waals surface area contributed by atoms with Gasteiger partial charge in [-0.1, -0.05) is 24.3 Å². The monoisotopic (exact) mass is 492 g/mol. The van der Waals surface area contributed by atoms with Crippen LogP contribution in [0.25, 0.3) is 11.1 Å². The molecule has 1 amide bonds. The van der Waals surface area contributed by atoms with Gasteiger partial charge in [-0.25, -0.2) is 4.39 Å². The third kappa shape index (κ3) is 4.42. The lowest BCUT2D eigenvalue weighted by atomic mass is 9.91. The van der Waals surface area contributed by atoms with E-state index in [2.05, 4.69) is 5.32 Å². The molecule has 2 aromatic rings. The van der Waals surface area contributed by atoms with Gasteiger partial charge in [-0.3, -0.25) is 14.5 Å². The molecule has 0 unspecified atom stereocenters. The minimum Gasteiger partial charge on any atom is -0.482 e. The van der Waals surface area contributed by atoms with Gasteiger partial charge < -0.3 is 19.9 Å². The lowest BCUT2D eigenvalue weighted by molar-refractivity contribution is -0.148. The number of aliphatic hydroxyl groups excluding tert-OH is 1. The van der Waals surface area contributed by atoms with E-state index < -0.39 is 23.6 Å². The maximum Gasteiger partial charge on any atom is 0.323 e. The number of allylic oxidation sites excluding steroid dienone is 1. The summed E-state index contributed by atoms with van der Waals surface area (Å²) in [7, 11) is 0. The SMILES string of the molecule is CCOC(=O)[C@@H]1C[C@@H](O)CN1Cc1ccc(C2=CC(=C3C(=O)Nc4ccc(F)cc43)OC2(C)C)cc1. The predicted octanol–water partition coefficient (Wildman–Crippen LogP) is 3.88. The van der Waals surface area contributed by atoms with E-state index in [1.165, 1.54) is 12.1 Å². The highest BCUT2D eigenvalue weighted by atomic mass is 19.1. The molecule has 3 heterocycles. The third-order valence-corrected chi connectivity index (χ3v) is 6.85. The van der Waals surface area contributed by atoms with Crippen LogP contribution in [0, 0.1) is 5.82 Å². The van der Waals surface area contributed by atoms with Crippen LogP contribution in [-0.2, 0) is 25.6 Å². The first-order chi connectivity index (χ1) is 17.2. The van der Waals surface area contributed by atoms with Crippen molar-refractivity contribution in [3.63, 3.8) is 0 Å². The van der Waals surface area contributed by atoms with Crippen molar-refractivity contribution in [2.45, 2.75) is 51.5 Å². The molecule has 3 aliphatic heterocycles. The summed E-state index contributed by atoms with van der Waals surface area (Å²) in [6, 6.07) is 11.7. The van der Waals surface area contributed by atoms with E-state index >= 15 is 0 Å². The fourth-order valence-corrected chi connectivity index (χ4v) is 5.16. The van der Waals surface area contributed by atoms with Gasteiger partial charge >= 0.3 is 5.97 Å². The fraction of sp³-hybridized carbons (Fsp3) is 0.357. The zero-order valence-corrected chi connectivity index (χ0v) is 20.5. The standard InChI is InChI=1S/C28H29FN2O5/c1-4-35-27(34)23-12-19(32)15-31(23)14-16-5-7-17(8-6-16)21-13-24(36-28(21,2)3)25-20-11-18(29)9-10-22(20)30-26(25)33/h5-11,13,19,23,32H,4,12,14-15H2,1-3H3,(H,30,33)/t19-,23+/m1/s1. The number of fused-ring (bicyclic) bond motifs is 1. The Kier molecular flexibility index (Phi) is 6.18. The molecule has 0 aromatic heterocycles. The summed E-state index contributed by atoms with van der Waals surface area (Å²) < 4.78 is 25.3. The van der Waals surface area contributed by atoms with E-state index in [-0.39, 0.29) is 11.9 Å². The number of likely N-dealkylation sites (tertiary alicyclic amines) is 1. The zero-order chi connectivity index (χ0) is 25.6. The number of amides is 1. The van der Waals surface area contributed by atoms with E-state index in [9.17, 15) is 19.1 Å². The zero-order valence-electron chi connectivity index (χ0n) is 20.5. The molecule has 8 heteroatoms. The van der Waals surface area contributed by atoms with Crippen molar-refractivity contribution in [3.8, 4) is 0 Å². The van der Waals surface area contributed by atoms with Gasteiger partial charge in [0.2, 0.25) is 0 Å². The van der Waals surface area contributed by atoms with Gasteiger partial charge in [0.1, 0.15) is 23.2 Å². The second-order valence-corrected chi connectivity index (χ2v) is 9.84. The molecule has 0 saturated carbocycles. The first-order valence-electron chi connectivity index (χ1n) is 12.1. The highest BCUT2D eigenvalue weighted by Gasteiger charge is 2.39. The molecule has 7 nitrogen and oxygen atoms in total. The van der Waals surface area contributed by atoms with Gasteiger partial charge in [0.15, 0.2) is 0 Å². The topological polar surface area (TPSA) is 88.1 Å². The van der Waals surface area contributed by atoms with Gasteiger partial charge in [0.25, 0.3) is 5.91 Å². The third-order valence-electron chi connectivity index (χ3n) is 6.85. The summed E-state index contributed by atoms with van der Waals surface area (Å²) in [4.78, 5) is 26.9. The van der Waals surface area contributed by atoms with Gasteiger partial charge in [0.05, 0.1) is 18.3 Å². The summed E-state index contributed by atoms with van der Waals surface area (Å²) in [6.07, 6.45) is 1.66. The highest BCUT2D eigenvalue weighted by Crippen LogP contribution is 2.44. The molecule has 2 N–H and O–H groups in total. The average molecular weight is 493 g/mol. The second kappa shape index (κ2) is 9.19. The van der Waals surface area contributed by atoms with Crippen molar-refractivity contribution in [1.82, 2.24) is 4.90 Å². The molecule has 2 aromatic carbocycles. The fourth-order valence-electron chi connectivity index (χ4n) is 5.16.